The van der Waals surface area contributed by atoms with Crippen LogP contribution in [0.2, 0.25) is 0 Å². The van der Waals surface area contributed by atoms with Crippen molar-refractivity contribution in [2.24, 2.45) is 0 Å². The van der Waals surface area contributed by atoms with Crippen LogP contribution in [0.1, 0.15) is 5.56 Å². The van der Waals surface area contributed by atoms with Crippen molar-refractivity contribution < 1.29 is 19.4 Å². The molecule has 9 nitrogen and oxygen atoms in total. The maximum Gasteiger partial charge on any atom is 0.239 e. The lowest BCUT2D eigenvalue weighted by molar-refractivity contribution is -0.129. The van der Waals surface area contributed by atoms with Crippen LogP contribution < -0.4 is 21.3 Å². The maximum atomic E-state index is 13.0. The average molecular weight is 438 g/mol. The molecule has 1 atom stereocenters. The number of rotatable bonds is 11. The average Bonchev–Trinajstić information content (AvgIpc) is 2.78. The number of nitrogens with zero attached hydrogens (tertiary/aromatic N) is 1. The van der Waals surface area contributed by atoms with Crippen molar-refractivity contribution in [3.8, 4) is 0 Å². The molecular formula is C22H39N5O4. The van der Waals surface area contributed by atoms with Gasteiger partial charge in [0.1, 0.15) is 6.04 Å². The Labute approximate surface area is 185 Å². The van der Waals surface area contributed by atoms with E-state index < -0.39 is 0 Å². The van der Waals surface area contributed by atoms with E-state index >= 15 is 0 Å². The SMILES string of the molecule is O=C(NCCOCCO)[C@@H](COCc1ccccc1)N1CCNCCNCCNCC1. The largest absolute Gasteiger partial charge is 0.394 e. The van der Waals surface area contributed by atoms with Gasteiger partial charge in [-0.1, -0.05) is 30.3 Å². The highest BCUT2D eigenvalue weighted by atomic mass is 16.5. The second-order valence-electron chi connectivity index (χ2n) is 7.43. The predicted molar refractivity (Wildman–Crippen MR) is 121 cm³/mol. The molecule has 1 heterocycles. The summed E-state index contributed by atoms with van der Waals surface area (Å²) in [6, 6.07) is 9.60. The monoisotopic (exact) mass is 437 g/mol. The summed E-state index contributed by atoms with van der Waals surface area (Å²) in [7, 11) is 0. The van der Waals surface area contributed by atoms with E-state index in [4.69, 9.17) is 14.6 Å². The summed E-state index contributed by atoms with van der Waals surface area (Å²) < 4.78 is 11.2. The molecule has 31 heavy (non-hydrogen) atoms. The van der Waals surface area contributed by atoms with Crippen LogP contribution in [0.5, 0.6) is 0 Å². The molecule has 9 heteroatoms. The molecule has 0 spiro atoms. The molecule has 1 fully saturated rings. The lowest BCUT2D eigenvalue weighted by Gasteiger charge is -2.31. The van der Waals surface area contributed by atoms with E-state index in [0.29, 0.717) is 26.4 Å². The van der Waals surface area contributed by atoms with Gasteiger partial charge in [0.2, 0.25) is 5.91 Å². The van der Waals surface area contributed by atoms with Crippen molar-refractivity contribution in [2.75, 3.05) is 85.3 Å². The van der Waals surface area contributed by atoms with Crippen molar-refractivity contribution in [3.63, 3.8) is 0 Å². The fourth-order valence-electron chi connectivity index (χ4n) is 3.34. The van der Waals surface area contributed by atoms with Gasteiger partial charge < -0.3 is 35.8 Å². The van der Waals surface area contributed by atoms with Crippen LogP contribution >= 0.6 is 0 Å². The fourth-order valence-corrected chi connectivity index (χ4v) is 3.34. The predicted octanol–water partition coefficient (Wildman–Crippen LogP) is -1.22. The van der Waals surface area contributed by atoms with Crippen LogP contribution in [0.3, 0.4) is 0 Å². The molecular weight excluding hydrogens is 398 g/mol. The highest BCUT2D eigenvalue weighted by Gasteiger charge is 2.25. The van der Waals surface area contributed by atoms with Crippen LogP contribution in [0.25, 0.3) is 0 Å². The Hall–Kier alpha value is -1.59. The van der Waals surface area contributed by atoms with Gasteiger partial charge >= 0.3 is 0 Å². The highest BCUT2D eigenvalue weighted by Crippen LogP contribution is 2.05. The summed E-state index contributed by atoms with van der Waals surface area (Å²) in [5.74, 6) is -0.0607. The minimum absolute atomic E-state index is 0.0206. The molecule has 0 aliphatic carbocycles. The van der Waals surface area contributed by atoms with Gasteiger partial charge in [0, 0.05) is 58.9 Å². The summed E-state index contributed by atoms with van der Waals surface area (Å²) in [6.45, 7) is 8.63. The van der Waals surface area contributed by atoms with Gasteiger partial charge in [-0.25, -0.2) is 0 Å². The quantitative estimate of drug-likeness (QED) is 0.274. The lowest BCUT2D eigenvalue weighted by Crippen LogP contribution is -2.54. The Balaban J connectivity index is 1.93. The molecule has 1 amide bonds. The van der Waals surface area contributed by atoms with E-state index in [1.54, 1.807) is 0 Å². The Morgan fingerprint density at radius 1 is 0.968 bits per heavy atom. The Morgan fingerprint density at radius 2 is 1.61 bits per heavy atom. The number of benzene rings is 1. The molecule has 1 aromatic carbocycles. The number of carbonyl (C=O) groups excluding carboxylic acids is 1. The molecule has 0 aromatic heterocycles. The number of nitrogens with one attached hydrogen (secondary N) is 4. The van der Waals surface area contributed by atoms with Crippen molar-refractivity contribution >= 4 is 5.91 Å². The third kappa shape index (κ3) is 11.6. The molecule has 1 aliphatic rings. The third-order valence-corrected chi connectivity index (χ3v) is 5.02. The zero-order chi connectivity index (χ0) is 22.0. The van der Waals surface area contributed by atoms with Crippen molar-refractivity contribution in [2.45, 2.75) is 12.6 Å². The minimum Gasteiger partial charge on any atom is -0.394 e. The Kier molecular flexibility index (Phi) is 14.1. The van der Waals surface area contributed by atoms with Gasteiger partial charge in [0.25, 0.3) is 0 Å². The molecule has 5 N–H and O–H groups in total. The molecule has 0 radical (unpaired) electrons. The van der Waals surface area contributed by atoms with Crippen LogP contribution in [0.15, 0.2) is 30.3 Å². The number of carbonyl (C=O) groups is 1. The molecule has 1 aromatic rings. The van der Waals surface area contributed by atoms with E-state index in [1.165, 1.54) is 0 Å². The van der Waals surface area contributed by atoms with Crippen molar-refractivity contribution in [1.29, 1.82) is 0 Å². The number of hydrogen-bond acceptors (Lipinski definition) is 8. The molecule has 176 valence electrons. The number of ether oxygens (including phenoxy) is 2. The highest BCUT2D eigenvalue weighted by molar-refractivity contribution is 5.81. The van der Waals surface area contributed by atoms with Gasteiger partial charge in [0.05, 0.1) is 33.0 Å². The smallest absolute Gasteiger partial charge is 0.239 e. The summed E-state index contributed by atoms with van der Waals surface area (Å²) in [6.07, 6.45) is 0. The summed E-state index contributed by atoms with van der Waals surface area (Å²) in [5, 5.41) is 22.0. The zero-order valence-corrected chi connectivity index (χ0v) is 18.5. The number of hydrogen-bond donors (Lipinski definition) is 5. The molecule has 0 bridgehead atoms. The van der Waals surface area contributed by atoms with Gasteiger partial charge in [0.15, 0.2) is 0 Å². The number of aliphatic hydroxyl groups excluding tert-OH is 1. The fraction of sp³-hybridized carbons (Fsp3) is 0.682. The molecule has 0 unspecified atom stereocenters. The standard InChI is InChI=1S/C22H39N5O4/c28-15-17-30-16-12-26-22(29)21(19-31-18-20-4-2-1-3-5-20)27-13-10-24-8-6-23-7-9-25-11-14-27/h1-5,21,23-25,28H,6-19H2,(H,26,29)/t21-/m1/s1. The second kappa shape index (κ2) is 17.0. The maximum absolute atomic E-state index is 13.0. The van der Waals surface area contributed by atoms with Crippen LogP contribution in [0.4, 0.5) is 0 Å². The lowest BCUT2D eigenvalue weighted by atomic mass is 10.2. The molecule has 0 saturated carbocycles. The van der Waals surface area contributed by atoms with Crippen LogP contribution in [-0.2, 0) is 20.9 Å². The van der Waals surface area contributed by atoms with Gasteiger partial charge in [-0.2, -0.15) is 0 Å². The normalized spacial score (nSPS) is 18.0. The van der Waals surface area contributed by atoms with Crippen LogP contribution in [-0.4, -0.2) is 107 Å². The van der Waals surface area contributed by atoms with Gasteiger partial charge in [-0.15, -0.1) is 0 Å². The Bertz CT molecular complexity index is 566. The van der Waals surface area contributed by atoms with E-state index in [2.05, 4.69) is 26.2 Å². The molecule has 1 aliphatic heterocycles. The summed E-state index contributed by atoms with van der Waals surface area (Å²) in [5.41, 5.74) is 1.09. The van der Waals surface area contributed by atoms with E-state index in [9.17, 15) is 4.79 Å². The minimum atomic E-state index is -0.383. The summed E-state index contributed by atoms with van der Waals surface area (Å²) in [4.78, 5) is 15.2. The molecule has 1 saturated heterocycles. The van der Waals surface area contributed by atoms with Gasteiger partial charge in [-0.3, -0.25) is 9.69 Å². The summed E-state index contributed by atoms with van der Waals surface area (Å²) >= 11 is 0. The first-order chi connectivity index (χ1) is 15.3. The first-order valence-corrected chi connectivity index (χ1v) is 11.3. The second-order valence-corrected chi connectivity index (χ2v) is 7.43. The van der Waals surface area contributed by atoms with Crippen molar-refractivity contribution in [3.05, 3.63) is 35.9 Å². The number of aliphatic hydroxyl groups is 1. The molecule has 2 rings (SSSR count). The third-order valence-electron chi connectivity index (χ3n) is 5.02. The topological polar surface area (TPSA) is 107 Å². The van der Waals surface area contributed by atoms with Gasteiger partial charge in [-0.05, 0) is 5.56 Å². The number of amides is 1. The van der Waals surface area contributed by atoms with E-state index in [1.807, 2.05) is 30.3 Å². The van der Waals surface area contributed by atoms with E-state index in [0.717, 1.165) is 57.9 Å². The Morgan fingerprint density at radius 3 is 2.26 bits per heavy atom. The van der Waals surface area contributed by atoms with Crippen molar-refractivity contribution in [1.82, 2.24) is 26.2 Å². The van der Waals surface area contributed by atoms with Crippen LogP contribution in [0, 0.1) is 0 Å². The van der Waals surface area contributed by atoms with E-state index in [-0.39, 0.29) is 25.2 Å². The first kappa shape index (κ1) is 25.7. The first-order valence-electron chi connectivity index (χ1n) is 11.3. The zero-order valence-electron chi connectivity index (χ0n) is 18.5.